The summed E-state index contributed by atoms with van der Waals surface area (Å²) in [4.78, 5) is 7.26. The van der Waals surface area contributed by atoms with Crippen molar-refractivity contribution in [3.8, 4) is 11.5 Å². The largest absolute Gasteiger partial charge is 0.456 e. The van der Waals surface area contributed by atoms with Crippen LogP contribution in [0.2, 0.25) is 0 Å². The zero-order valence-corrected chi connectivity index (χ0v) is 27.5. The van der Waals surface area contributed by atoms with E-state index < -0.39 is 0 Å². The van der Waals surface area contributed by atoms with Crippen LogP contribution in [-0.2, 0) is 0 Å². The number of oxazole rings is 1. The lowest BCUT2D eigenvalue weighted by atomic mass is 10.1. The van der Waals surface area contributed by atoms with E-state index in [1.807, 2.05) is 53.8 Å². The average molecular weight is 665 g/mol. The molecule has 0 saturated carbocycles. The van der Waals surface area contributed by atoms with Crippen LogP contribution in [0.25, 0.3) is 84.8 Å². The Morgan fingerprint density at radius 2 is 1.00 bits per heavy atom. The molecule has 0 aliphatic heterocycles. The van der Waals surface area contributed by atoms with Crippen molar-refractivity contribution in [2.45, 2.75) is 0 Å². The van der Waals surface area contributed by atoms with Crippen LogP contribution in [0.5, 0.6) is 0 Å². The number of nitrogens with zero attached hydrogens (tertiary/aromatic N) is 2. The molecule has 230 valence electrons. The molecule has 7 aromatic carbocycles. The van der Waals surface area contributed by atoms with Gasteiger partial charge in [0.25, 0.3) is 0 Å². The molecule has 4 heterocycles. The van der Waals surface area contributed by atoms with Gasteiger partial charge in [0, 0.05) is 79.8 Å². The van der Waals surface area contributed by atoms with Gasteiger partial charge in [0.2, 0.25) is 5.89 Å². The summed E-state index contributed by atoms with van der Waals surface area (Å²) in [6, 6.07) is 51.5. The zero-order valence-electron chi connectivity index (χ0n) is 25.9. The molecule has 49 heavy (non-hydrogen) atoms. The first-order valence-corrected chi connectivity index (χ1v) is 17.8. The number of hydrogen-bond donors (Lipinski definition) is 0. The molecule has 0 N–H and O–H groups in total. The maximum Gasteiger partial charge on any atom is 0.227 e. The van der Waals surface area contributed by atoms with Crippen LogP contribution in [0.15, 0.2) is 154 Å². The molecule has 4 nitrogen and oxygen atoms in total. The van der Waals surface area contributed by atoms with E-state index in [1.165, 1.54) is 40.3 Å². The molecular weight excluding hydrogens is 641 g/mol. The maximum atomic E-state index is 6.23. The van der Waals surface area contributed by atoms with Gasteiger partial charge in [0.05, 0.1) is 0 Å². The van der Waals surface area contributed by atoms with Crippen LogP contribution in [0.1, 0.15) is 0 Å². The third kappa shape index (κ3) is 4.18. The molecule has 0 atom stereocenters. The Morgan fingerprint density at radius 1 is 0.408 bits per heavy atom. The first-order valence-electron chi connectivity index (χ1n) is 16.2. The number of para-hydroxylation sites is 1. The molecule has 0 saturated heterocycles. The Balaban J connectivity index is 1.13. The lowest BCUT2D eigenvalue weighted by molar-refractivity contribution is 0.620. The van der Waals surface area contributed by atoms with Gasteiger partial charge in [-0.1, -0.05) is 54.6 Å². The fraction of sp³-hybridized carbons (Fsp3) is 0. The second-order valence-electron chi connectivity index (χ2n) is 12.4. The smallest absolute Gasteiger partial charge is 0.227 e. The van der Waals surface area contributed by atoms with Crippen molar-refractivity contribution in [1.29, 1.82) is 0 Å². The third-order valence-electron chi connectivity index (χ3n) is 9.48. The second kappa shape index (κ2) is 10.3. The van der Waals surface area contributed by atoms with Crippen molar-refractivity contribution in [2.24, 2.45) is 0 Å². The molecule has 0 aliphatic rings. The summed E-state index contributed by atoms with van der Waals surface area (Å²) in [6.45, 7) is 0. The molecule has 11 aromatic rings. The standard InChI is InChI=1S/C43H24N2O2S2/c1-2-8-25(9-3-1)43-44-35-23-34-33-22-28(16-19-41(33)49-42(34)24-38(35)47-43)45(26-14-17-37-31(20-26)29-10-4-6-12-36(29)46-37)27-15-18-40-32(21-27)30-11-5-7-13-39(30)48-40/h1-24H. The van der Waals surface area contributed by atoms with Crippen LogP contribution in [0.4, 0.5) is 17.1 Å². The summed E-state index contributed by atoms with van der Waals surface area (Å²) in [7, 11) is 0. The van der Waals surface area contributed by atoms with Gasteiger partial charge in [0.1, 0.15) is 16.7 Å². The highest BCUT2D eigenvalue weighted by molar-refractivity contribution is 7.26. The van der Waals surface area contributed by atoms with E-state index >= 15 is 0 Å². The van der Waals surface area contributed by atoms with E-state index in [0.29, 0.717) is 5.89 Å². The maximum absolute atomic E-state index is 6.23. The van der Waals surface area contributed by atoms with Crippen LogP contribution in [0.3, 0.4) is 0 Å². The van der Waals surface area contributed by atoms with E-state index in [2.05, 4.69) is 108 Å². The number of furan rings is 1. The number of benzene rings is 7. The molecule has 0 unspecified atom stereocenters. The van der Waals surface area contributed by atoms with Crippen LogP contribution < -0.4 is 4.90 Å². The summed E-state index contributed by atoms with van der Waals surface area (Å²) in [5.74, 6) is 0.642. The minimum absolute atomic E-state index is 0.642. The Morgan fingerprint density at radius 3 is 1.82 bits per heavy atom. The summed E-state index contributed by atoms with van der Waals surface area (Å²) >= 11 is 3.63. The number of rotatable bonds is 4. The predicted octanol–water partition coefficient (Wildman–Crippen LogP) is 13.6. The van der Waals surface area contributed by atoms with Crippen LogP contribution >= 0.6 is 22.7 Å². The first kappa shape index (κ1) is 27.0. The van der Waals surface area contributed by atoms with Gasteiger partial charge < -0.3 is 13.7 Å². The molecular formula is C43H24N2O2S2. The van der Waals surface area contributed by atoms with Crippen molar-refractivity contribution in [1.82, 2.24) is 4.98 Å². The van der Waals surface area contributed by atoms with E-state index in [0.717, 1.165) is 55.7 Å². The quantitative estimate of drug-likeness (QED) is 0.188. The van der Waals surface area contributed by atoms with Crippen molar-refractivity contribution >= 4 is 113 Å². The lowest BCUT2D eigenvalue weighted by Gasteiger charge is -2.26. The normalized spacial score (nSPS) is 12.1. The Labute approximate surface area is 287 Å². The summed E-state index contributed by atoms with van der Waals surface area (Å²) in [5, 5.41) is 7.14. The van der Waals surface area contributed by atoms with E-state index in [4.69, 9.17) is 13.8 Å². The predicted molar refractivity (Wildman–Crippen MR) is 207 cm³/mol. The number of hydrogen-bond acceptors (Lipinski definition) is 6. The molecule has 0 spiro atoms. The Bertz CT molecular complexity index is 2960. The minimum atomic E-state index is 0.642. The van der Waals surface area contributed by atoms with Crippen molar-refractivity contribution in [2.75, 3.05) is 4.90 Å². The lowest BCUT2D eigenvalue weighted by Crippen LogP contribution is -2.09. The Hall–Kier alpha value is -5.95. The van der Waals surface area contributed by atoms with E-state index in [1.54, 1.807) is 11.3 Å². The molecule has 6 heteroatoms. The molecule has 4 aromatic heterocycles. The van der Waals surface area contributed by atoms with Gasteiger partial charge in [-0.05, 0) is 84.9 Å². The average Bonchev–Trinajstić information content (AvgIpc) is 3.92. The van der Waals surface area contributed by atoms with Crippen LogP contribution in [0, 0.1) is 0 Å². The topological polar surface area (TPSA) is 42.4 Å². The number of aromatic nitrogens is 1. The SMILES string of the molecule is c1ccc(-c2nc3cc4c(cc3o2)sc2ccc(N(c3ccc5oc6ccccc6c5c3)c3ccc5sc6ccccc6c5c3)cc24)cc1. The molecule has 0 amide bonds. The van der Waals surface area contributed by atoms with Crippen molar-refractivity contribution < 1.29 is 8.83 Å². The van der Waals surface area contributed by atoms with E-state index in [-0.39, 0.29) is 0 Å². The first-order chi connectivity index (χ1) is 24.2. The van der Waals surface area contributed by atoms with Gasteiger partial charge in [-0.15, -0.1) is 22.7 Å². The Kier molecular flexibility index (Phi) is 5.67. The van der Waals surface area contributed by atoms with Gasteiger partial charge in [-0.25, -0.2) is 4.98 Å². The van der Waals surface area contributed by atoms with Gasteiger partial charge in [-0.2, -0.15) is 0 Å². The van der Waals surface area contributed by atoms with Crippen LogP contribution in [-0.4, -0.2) is 4.98 Å². The number of fused-ring (bicyclic) bond motifs is 10. The molecule has 11 rings (SSSR count). The zero-order chi connectivity index (χ0) is 32.1. The molecule has 0 radical (unpaired) electrons. The number of thiophene rings is 2. The van der Waals surface area contributed by atoms with Gasteiger partial charge in [-0.3, -0.25) is 0 Å². The monoisotopic (exact) mass is 664 g/mol. The fourth-order valence-corrected chi connectivity index (χ4v) is 9.37. The summed E-state index contributed by atoms with van der Waals surface area (Å²) in [5.41, 5.74) is 7.68. The second-order valence-corrected chi connectivity index (χ2v) is 14.5. The van der Waals surface area contributed by atoms with Gasteiger partial charge >= 0.3 is 0 Å². The molecule has 0 fully saturated rings. The highest BCUT2D eigenvalue weighted by atomic mass is 32.1. The fourth-order valence-electron chi connectivity index (χ4n) is 7.18. The minimum Gasteiger partial charge on any atom is -0.456 e. The highest BCUT2D eigenvalue weighted by Gasteiger charge is 2.19. The van der Waals surface area contributed by atoms with Crippen molar-refractivity contribution in [3.63, 3.8) is 0 Å². The molecule has 0 bridgehead atoms. The van der Waals surface area contributed by atoms with Crippen molar-refractivity contribution in [3.05, 3.63) is 146 Å². The van der Waals surface area contributed by atoms with Gasteiger partial charge in [0.15, 0.2) is 5.58 Å². The highest BCUT2D eigenvalue weighted by Crippen LogP contribution is 2.45. The summed E-state index contributed by atoms with van der Waals surface area (Å²) < 4.78 is 17.5. The summed E-state index contributed by atoms with van der Waals surface area (Å²) in [6.07, 6.45) is 0. The van der Waals surface area contributed by atoms with E-state index in [9.17, 15) is 0 Å². The number of anilines is 3. The third-order valence-corrected chi connectivity index (χ3v) is 11.8. The molecule has 0 aliphatic carbocycles.